The summed E-state index contributed by atoms with van der Waals surface area (Å²) in [4.78, 5) is 32.9. The first-order chi connectivity index (χ1) is 13.5. The average molecular weight is 384 g/mol. The highest BCUT2D eigenvalue weighted by Crippen LogP contribution is 2.39. The number of methoxy groups -OCH3 is 1. The summed E-state index contributed by atoms with van der Waals surface area (Å²) >= 11 is 0. The van der Waals surface area contributed by atoms with Gasteiger partial charge in [-0.05, 0) is 39.3 Å². The van der Waals surface area contributed by atoms with Gasteiger partial charge in [-0.25, -0.2) is 14.6 Å². The number of pyridine rings is 1. The van der Waals surface area contributed by atoms with E-state index in [1.807, 2.05) is 19.9 Å². The largest absolute Gasteiger partial charge is 0.494 e. The first kappa shape index (κ1) is 19.7. The molecule has 0 aliphatic rings. The van der Waals surface area contributed by atoms with Gasteiger partial charge in [0.25, 0.3) is 0 Å². The van der Waals surface area contributed by atoms with E-state index in [0.29, 0.717) is 16.7 Å². The monoisotopic (exact) mass is 384 g/mol. The van der Waals surface area contributed by atoms with E-state index in [4.69, 9.17) is 14.2 Å². The van der Waals surface area contributed by atoms with Crippen LogP contribution in [0.2, 0.25) is 0 Å². The third-order valence-electron chi connectivity index (χ3n) is 4.67. The molecule has 0 unspecified atom stereocenters. The van der Waals surface area contributed by atoms with Gasteiger partial charge in [-0.1, -0.05) is 6.92 Å². The lowest BCUT2D eigenvalue weighted by Gasteiger charge is -2.14. The molecule has 7 nitrogen and oxygen atoms in total. The number of hydrogen-bond acceptors (Lipinski definition) is 6. The number of aryl methyl sites for hydroxylation is 2. The minimum Gasteiger partial charge on any atom is -0.494 e. The van der Waals surface area contributed by atoms with E-state index in [-0.39, 0.29) is 24.5 Å². The van der Waals surface area contributed by atoms with Gasteiger partial charge in [-0.2, -0.15) is 0 Å². The predicted octanol–water partition coefficient (Wildman–Crippen LogP) is 3.95. The molecule has 0 fully saturated rings. The molecule has 0 saturated carbocycles. The maximum Gasteiger partial charge on any atom is 0.356 e. The molecular weight excluding hydrogens is 360 g/mol. The van der Waals surface area contributed by atoms with Crippen molar-refractivity contribution in [2.45, 2.75) is 34.1 Å². The molecule has 0 aliphatic carbocycles. The van der Waals surface area contributed by atoms with Crippen LogP contribution in [0.5, 0.6) is 5.75 Å². The molecule has 0 aliphatic heterocycles. The Morgan fingerprint density at radius 1 is 1.07 bits per heavy atom. The summed E-state index contributed by atoms with van der Waals surface area (Å²) in [5.74, 6) is -0.614. The number of fused-ring (bicyclic) bond motifs is 3. The quantitative estimate of drug-likeness (QED) is 0.647. The van der Waals surface area contributed by atoms with Gasteiger partial charge < -0.3 is 19.2 Å². The van der Waals surface area contributed by atoms with E-state index >= 15 is 0 Å². The van der Waals surface area contributed by atoms with E-state index in [2.05, 4.69) is 9.97 Å². The van der Waals surface area contributed by atoms with Crippen LogP contribution >= 0.6 is 0 Å². The fraction of sp³-hybridized carbons (Fsp3) is 0.381. The molecule has 28 heavy (non-hydrogen) atoms. The first-order valence-corrected chi connectivity index (χ1v) is 9.33. The summed E-state index contributed by atoms with van der Waals surface area (Å²) < 4.78 is 15.9. The molecule has 148 valence electrons. The van der Waals surface area contributed by atoms with Crippen LogP contribution in [-0.2, 0) is 15.9 Å². The number of aromatic nitrogens is 2. The number of nitrogens with one attached hydrogen (secondary N) is 1. The number of H-pyrrole nitrogens is 1. The van der Waals surface area contributed by atoms with E-state index in [0.717, 1.165) is 28.6 Å². The summed E-state index contributed by atoms with van der Waals surface area (Å²) in [5.41, 5.74) is 3.39. The van der Waals surface area contributed by atoms with Gasteiger partial charge >= 0.3 is 11.9 Å². The van der Waals surface area contributed by atoms with Crippen LogP contribution in [0.1, 0.15) is 52.9 Å². The SMILES string of the molecule is CCOC(=O)c1cc(C(=O)OCC)c2c(n1)c(OC)c(C)c1cc(CC)[nH]c12. The van der Waals surface area contributed by atoms with E-state index in [1.165, 1.54) is 6.07 Å². The fourth-order valence-electron chi connectivity index (χ4n) is 3.39. The predicted molar refractivity (Wildman–Crippen MR) is 106 cm³/mol. The molecule has 0 amide bonds. The lowest BCUT2D eigenvalue weighted by Crippen LogP contribution is -2.13. The van der Waals surface area contributed by atoms with Crippen molar-refractivity contribution in [3.8, 4) is 5.75 Å². The second kappa shape index (κ2) is 7.88. The van der Waals surface area contributed by atoms with Gasteiger partial charge in [0.15, 0.2) is 0 Å². The molecule has 0 radical (unpaired) electrons. The number of carbonyl (C=O) groups excluding carboxylic acids is 2. The topological polar surface area (TPSA) is 90.5 Å². The molecule has 2 heterocycles. The van der Waals surface area contributed by atoms with Crippen molar-refractivity contribution in [3.05, 3.63) is 34.6 Å². The molecular formula is C21H24N2O5. The van der Waals surface area contributed by atoms with Gasteiger partial charge in [-0.3, -0.25) is 0 Å². The summed E-state index contributed by atoms with van der Waals surface area (Å²) in [5, 5.41) is 1.51. The van der Waals surface area contributed by atoms with Gasteiger partial charge in [0, 0.05) is 22.0 Å². The van der Waals surface area contributed by atoms with Crippen LogP contribution in [0, 0.1) is 6.92 Å². The number of nitrogens with zero attached hydrogens (tertiary/aromatic N) is 1. The molecule has 0 bridgehead atoms. The highest BCUT2D eigenvalue weighted by molar-refractivity contribution is 6.18. The zero-order chi connectivity index (χ0) is 20.4. The molecule has 3 rings (SSSR count). The van der Waals surface area contributed by atoms with Gasteiger partial charge in [0.2, 0.25) is 0 Å². The number of hydrogen-bond donors (Lipinski definition) is 1. The van der Waals surface area contributed by atoms with E-state index in [9.17, 15) is 9.59 Å². The Morgan fingerprint density at radius 2 is 1.75 bits per heavy atom. The van der Waals surface area contributed by atoms with E-state index < -0.39 is 11.9 Å². The molecule has 7 heteroatoms. The van der Waals surface area contributed by atoms with Crippen molar-refractivity contribution in [1.29, 1.82) is 0 Å². The Bertz CT molecular complexity index is 1070. The molecule has 0 saturated heterocycles. The second-order valence-corrected chi connectivity index (χ2v) is 6.31. The summed E-state index contributed by atoms with van der Waals surface area (Å²) in [7, 11) is 1.55. The van der Waals surface area contributed by atoms with Crippen LogP contribution in [0.3, 0.4) is 0 Å². The maximum absolute atomic E-state index is 12.7. The van der Waals surface area contributed by atoms with Crippen LogP contribution in [0.15, 0.2) is 12.1 Å². The zero-order valence-electron chi connectivity index (χ0n) is 16.8. The summed E-state index contributed by atoms with van der Waals surface area (Å²) in [6.07, 6.45) is 0.807. The summed E-state index contributed by atoms with van der Waals surface area (Å²) in [6, 6.07) is 3.47. The van der Waals surface area contributed by atoms with Crippen molar-refractivity contribution < 1.29 is 23.8 Å². The van der Waals surface area contributed by atoms with Crippen LogP contribution < -0.4 is 4.74 Å². The number of aromatic amines is 1. The molecule has 1 aromatic carbocycles. The summed E-state index contributed by atoms with van der Waals surface area (Å²) in [6.45, 7) is 7.84. The Kier molecular flexibility index (Phi) is 5.53. The smallest absolute Gasteiger partial charge is 0.356 e. The van der Waals surface area contributed by atoms with Crippen LogP contribution in [-0.4, -0.2) is 42.2 Å². The standard InChI is InChI=1S/C21H24N2O5/c1-6-12-9-13-11(4)19(26-5)18-16(17(13)22-12)14(20(24)27-7-2)10-15(23-18)21(25)28-8-3/h9-10,22H,6-8H2,1-5H3. The lowest BCUT2D eigenvalue weighted by molar-refractivity contribution is 0.0519. The maximum atomic E-state index is 12.7. The number of esters is 2. The molecule has 0 spiro atoms. The van der Waals surface area contributed by atoms with Crippen molar-refractivity contribution in [3.63, 3.8) is 0 Å². The van der Waals surface area contributed by atoms with Crippen molar-refractivity contribution >= 4 is 33.7 Å². The number of rotatable bonds is 6. The molecule has 2 aromatic heterocycles. The zero-order valence-corrected chi connectivity index (χ0v) is 16.8. The van der Waals surface area contributed by atoms with E-state index in [1.54, 1.807) is 21.0 Å². The van der Waals surface area contributed by atoms with Crippen LogP contribution in [0.4, 0.5) is 0 Å². The molecule has 3 aromatic rings. The second-order valence-electron chi connectivity index (χ2n) is 6.31. The Labute approximate surface area is 163 Å². The fourth-order valence-corrected chi connectivity index (χ4v) is 3.39. The van der Waals surface area contributed by atoms with Crippen LogP contribution in [0.25, 0.3) is 21.8 Å². The normalized spacial score (nSPS) is 11.0. The highest BCUT2D eigenvalue weighted by Gasteiger charge is 2.25. The minimum atomic E-state index is -0.601. The Balaban J connectivity index is 2.48. The molecule has 0 atom stereocenters. The first-order valence-electron chi connectivity index (χ1n) is 9.33. The van der Waals surface area contributed by atoms with Gasteiger partial charge in [0.1, 0.15) is 17.0 Å². The number of benzene rings is 1. The third kappa shape index (κ3) is 3.17. The van der Waals surface area contributed by atoms with Crippen molar-refractivity contribution in [2.75, 3.05) is 20.3 Å². The Hall–Kier alpha value is -3.09. The van der Waals surface area contributed by atoms with Gasteiger partial charge in [-0.15, -0.1) is 0 Å². The van der Waals surface area contributed by atoms with Crippen molar-refractivity contribution in [2.24, 2.45) is 0 Å². The molecule has 1 N–H and O–H groups in total. The minimum absolute atomic E-state index is 0.0386. The highest BCUT2D eigenvalue weighted by atomic mass is 16.5. The van der Waals surface area contributed by atoms with Crippen molar-refractivity contribution in [1.82, 2.24) is 9.97 Å². The third-order valence-corrected chi connectivity index (χ3v) is 4.67. The Morgan fingerprint density at radius 3 is 2.36 bits per heavy atom. The number of carbonyl (C=O) groups is 2. The van der Waals surface area contributed by atoms with Gasteiger partial charge in [0.05, 0.1) is 31.4 Å². The lowest BCUT2D eigenvalue weighted by atomic mass is 10.00. The average Bonchev–Trinajstić information content (AvgIpc) is 3.12. The number of ether oxygens (including phenoxy) is 3.